The molecule has 96 valence electrons. The third kappa shape index (κ3) is 5.31. The highest BCUT2D eigenvalue weighted by molar-refractivity contribution is 4.80. The van der Waals surface area contributed by atoms with E-state index >= 15 is 0 Å². The van der Waals surface area contributed by atoms with Gasteiger partial charge in [-0.25, -0.2) is 0 Å². The summed E-state index contributed by atoms with van der Waals surface area (Å²) in [4.78, 5) is 0. The Morgan fingerprint density at radius 2 is 1.94 bits per heavy atom. The van der Waals surface area contributed by atoms with Gasteiger partial charge in [-0.3, -0.25) is 0 Å². The highest BCUT2D eigenvalue weighted by atomic mass is 16.3. The van der Waals surface area contributed by atoms with Crippen LogP contribution < -0.4 is 5.32 Å². The van der Waals surface area contributed by atoms with Gasteiger partial charge in [0.25, 0.3) is 0 Å². The van der Waals surface area contributed by atoms with E-state index < -0.39 is 0 Å². The molecule has 2 nitrogen and oxygen atoms in total. The average Bonchev–Trinajstić information content (AvgIpc) is 2.08. The van der Waals surface area contributed by atoms with Crippen molar-refractivity contribution in [2.45, 2.75) is 71.9 Å². The van der Waals surface area contributed by atoms with Gasteiger partial charge in [-0.15, -0.1) is 0 Å². The second-order valence-corrected chi connectivity index (χ2v) is 6.74. The van der Waals surface area contributed by atoms with E-state index in [0.717, 1.165) is 12.3 Å². The van der Waals surface area contributed by atoms with Gasteiger partial charge in [0.1, 0.15) is 0 Å². The van der Waals surface area contributed by atoms with E-state index in [1.165, 1.54) is 25.7 Å². The minimum atomic E-state index is 0.256. The lowest BCUT2D eigenvalue weighted by atomic mass is 9.81. The Morgan fingerprint density at radius 1 is 1.31 bits per heavy atom. The second-order valence-electron chi connectivity index (χ2n) is 6.74. The molecule has 0 amide bonds. The molecular weight excluding hydrogens is 198 g/mol. The Balaban J connectivity index is 2.25. The summed E-state index contributed by atoms with van der Waals surface area (Å²) in [5.41, 5.74) is 0.288. The zero-order chi connectivity index (χ0) is 12.2. The first kappa shape index (κ1) is 14.0. The SMILES string of the molecule is CC(CC1CCC1)NC(CO)CC(C)(C)C. The second kappa shape index (κ2) is 6.02. The smallest absolute Gasteiger partial charge is 0.0584 e. The van der Waals surface area contributed by atoms with Gasteiger partial charge in [-0.2, -0.15) is 0 Å². The van der Waals surface area contributed by atoms with Gasteiger partial charge >= 0.3 is 0 Å². The monoisotopic (exact) mass is 227 g/mol. The molecule has 0 aromatic heterocycles. The van der Waals surface area contributed by atoms with Crippen molar-refractivity contribution >= 4 is 0 Å². The number of aliphatic hydroxyl groups is 1. The molecule has 2 N–H and O–H groups in total. The van der Waals surface area contributed by atoms with E-state index in [1.54, 1.807) is 0 Å². The zero-order valence-electron chi connectivity index (χ0n) is 11.4. The third-order valence-electron chi connectivity index (χ3n) is 3.51. The van der Waals surface area contributed by atoms with Crippen LogP contribution in [0, 0.1) is 11.3 Å². The summed E-state index contributed by atoms with van der Waals surface area (Å²) in [5, 5.41) is 13.0. The normalized spacial score (nSPS) is 21.6. The van der Waals surface area contributed by atoms with Crippen molar-refractivity contribution < 1.29 is 5.11 Å². The van der Waals surface area contributed by atoms with Gasteiger partial charge in [-0.05, 0) is 31.1 Å². The number of rotatable bonds is 6. The summed E-state index contributed by atoms with van der Waals surface area (Å²) in [5.74, 6) is 0.941. The zero-order valence-corrected chi connectivity index (χ0v) is 11.4. The van der Waals surface area contributed by atoms with Crippen LogP contribution in [0.15, 0.2) is 0 Å². The third-order valence-corrected chi connectivity index (χ3v) is 3.51. The lowest BCUT2D eigenvalue weighted by Crippen LogP contribution is -2.42. The fourth-order valence-electron chi connectivity index (χ4n) is 2.61. The molecule has 1 saturated carbocycles. The topological polar surface area (TPSA) is 32.3 Å². The summed E-state index contributed by atoms with van der Waals surface area (Å²) in [6.07, 6.45) is 6.56. The van der Waals surface area contributed by atoms with E-state index in [9.17, 15) is 5.11 Å². The number of hydrogen-bond donors (Lipinski definition) is 2. The molecule has 2 atom stereocenters. The van der Waals surface area contributed by atoms with Gasteiger partial charge < -0.3 is 10.4 Å². The summed E-state index contributed by atoms with van der Waals surface area (Å²) < 4.78 is 0. The van der Waals surface area contributed by atoms with Crippen LogP contribution in [0.3, 0.4) is 0 Å². The minimum Gasteiger partial charge on any atom is -0.395 e. The molecule has 1 aliphatic carbocycles. The van der Waals surface area contributed by atoms with Crippen LogP contribution in [0.25, 0.3) is 0 Å². The summed E-state index contributed by atoms with van der Waals surface area (Å²) in [6.45, 7) is 9.20. The van der Waals surface area contributed by atoms with Gasteiger partial charge in [0.2, 0.25) is 0 Å². The molecule has 0 heterocycles. The molecule has 2 heteroatoms. The van der Waals surface area contributed by atoms with Crippen LogP contribution in [-0.2, 0) is 0 Å². The van der Waals surface area contributed by atoms with Crippen molar-refractivity contribution in [3.05, 3.63) is 0 Å². The standard InChI is InChI=1S/C14H29NO/c1-11(8-12-6-5-7-12)15-13(10-16)9-14(2,3)4/h11-13,15-16H,5-10H2,1-4H3. The van der Waals surface area contributed by atoms with E-state index in [1.807, 2.05) is 0 Å². The van der Waals surface area contributed by atoms with Crippen molar-refractivity contribution in [3.8, 4) is 0 Å². The summed E-state index contributed by atoms with van der Waals surface area (Å²) >= 11 is 0. The molecule has 0 radical (unpaired) electrons. The summed E-state index contributed by atoms with van der Waals surface area (Å²) in [7, 11) is 0. The molecule has 1 rings (SSSR count). The maximum Gasteiger partial charge on any atom is 0.0584 e. The predicted octanol–water partition coefficient (Wildman–Crippen LogP) is 2.95. The molecule has 1 fully saturated rings. The van der Waals surface area contributed by atoms with Crippen molar-refractivity contribution in [2.75, 3.05) is 6.61 Å². The fourth-order valence-corrected chi connectivity index (χ4v) is 2.61. The maximum atomic E-state index is 9.38. The number of aliphatic hydroxyl groups excluding tert-OH is 1. The first-order chi connectivity index (χ1) is 7.40. The fraction of sp³-hybridized carbons (Fsp3) is 1.00. The van der Waals surface area contributed by atoms with Gasteiger partial charge in [0.05, 0.1) is 6.61 Å². The van der Waals surface area contributed by atoms with Crippen LogP contribution in [0.4, 0.5) is 0 Å². The first-order valence-corrected chi connectivity index (χ1v) is 6.77. The van der Waals surface area contributed by atoms with Gasteiger partial charge in [0, 0.05) is 12.1 Å². The molecule has 1 aliphatic rings. The molecule has 0 bridgehead atoms. The van der Waals surface area contributed by atoms with E-state index in [2.05, 4.69) is 33.0 Å². The van der Waals surface area contributed by atoms with Gasteiger partial charge in [-0.1, -0.05) is 40.0 Å². The summed E-state index contributed by atoms with van der Waals surface area (Å²) in [6, 6.07) is 0.805. The minimum absolute atomic E-state index is 0.256. The lowest BCUT2D eigenvalue weighted by molar-refractivity contribution is 0.177. The van der Waals surface area contributed by atoms with Crippen LogP contribution in [0.2, 0.25) is 0 Å². The first-order valence-electron chi connectivity index (χ1n) is 6.77. The van der Waals surface area contributed by atoms with Crippen molar-refractivity contribution in [2.24, 2.45) is 11.3 Å². The largest absolute Gasteiger partial charge is 0.395 e. The number of hydrogen-bond acceptors (Lipinski definition) is 2. The Hall–Kier alpha value is -0.0800. The molecule has 0 saturated heterocycles. The Kier molecular flexibility index (Phi) is 5.26. The molecule has 0 spiro atoms. The van der Waals surface area contributed by atoms with Crippen LogP contribution in [0.1, 0.15) is 59.8 Å². The van der Waals surface area contributed by atoms with Crippen LogP contribution in [0.5, 0.6) is 0 Å². The van der Waals surface area contributed by atoms with Crippen molar-refractivity contribution in [1.29, 1.82) is 0 Å². The van der Waals surface area contributed by atoms with E-state index in [4.69, 9.17) is 0 Å². The Labute approximate surface area is 101 Å². The molecule has 0 aromatic carbocycles. The lowest BCUT2D eigenvalue weighted by Gasteiger charge is -2.32. The van der Waals surface area contributed by atoms with Crippen LogP contribution >= 0.6 is 0 Å². The van der Waals surface area contributed by atoms with Crippen molar-refractivity contribution in [3.63, 3.8) is 0 Å². The van der Waals surface area contributed by atoms with E-state index in [0.29, 0.717) is 6.04 Å². The molecular formula is C14H29NO. The molecule has 0 aliphatic heterocycles. The Bertz CT molecular complexity index is 193. The predicted molar refractivity (Wildman–Crippen MR) is 69.5 cm³/mol. The molecule has 2 unspecified atom stereocenters. The maximum absolute atomic E-state index is 9.38. The molecule has 0 aromatic rings. The van der Waals surface area contributed by atoms with E-state index in [-0.39, 0.29) is 18.1 Å². The van der Waals surface area contributed by atoms with Gasteiger partial charge in [0.15, 0.2) is 0 Å². The average molecular weight is 227 g/mol. The van der Waals surface area contributed by atoms with Crippen LogP contribution in [-0.4, -0.2) is 23.8 Å². The quantitative estimate of drug-likeness (QED) is 0.731. The van der Waals surface area contributed by atoms with Crippen molar-refractivity contribution in [1.82, 2.24) is 5.32 Å². The highest BCUT2D eigenvalue weighted by Gasteiger charge is 2.23. The highest BCUT2D eigenvalue weighted by Crippen LogP contribution is 2.30. The molecule has 16 heavy (non-hydrogen) atoms. The number of nitrogens with one attached hydrogen (secondary N) is 1. The Morgan fingerprint density at radius 3 is 2.31 bits per heavy atom.